The maximum Gasteiger partial charge on any atom is 0.239 e. The molecule has 1 unspecified atom stereocenters. The summed E-state index contributed by atoms with van der Waals surface area (Å²) in [5.41, 5.74) is 2.66. The first kappa shape index (κ1) is 20.2. The average Bonchev–Trinajstić information content (AvgIpc) is 2.70. The number of hydrogen-bond acceptors (Lipinski definition) is 5. The van der Waals surface area contributed by atoms with E-state index in [9.17, 15) is 13.2 Å². The molecule has 0 bridgehead atoms. The quantitative estimate of drug-likeness (QED) is 0.792. The standard InChI is InChI=1S/C20H24N2O5S/c1-26-17-8-9-19(27-2)16(10-17)12-21-20(23)18-11-14-6-4-5-7-15(14)13-22(18)28(3,24)25/h4-10,18H,11-13H2,1-3H3,(H,21,23). The predicted molar refractivity (Wildman–Crippen MR) is 106 cm³/mol. The summed E-state index contributed by atoms with van der Waals surface area (Å²) in [4.78, 5) is 12.9. The number of methoxy groups -OCH3 is 2. The largest absolute Gasteiger partial charge is 0.497 e. The van der Waals surface area contributed by atoms with Gasteiger partial charge in [-0.05, 0) is 35.7 Å². The minimum Gasteiger partial charge on any atom is -0.497 e. The van der Waals surface area contributed by atoms with Gasteiger partial charge in [-0.2, -0.15) is 4.31 Å². The highest BCUT2D eigenvalue weighted by Crippen LogP contribution is 2.27. The van der Waals surface area contributed by atoms with Crippen molar-refractivity contribution in [1.29, 1.82) is 0 Å². The molecule has 150 valence electrons. The minimum absolute atomic E-state index is 0.190. The molecule has 7 nitrogen and oxygen atoms in total. The summed E-state index contributed by atoms with van der Waals surface area (Å²) in [6.45, 7) is 0.393. The van der Waals surface area contributed by atoms with Crippen LogP contribution in [0.4, 0.5) is 0 Å². The van der Waals surface area contributed by atoms with Crippen LogP contribution in [0.15, 0.2) is 42.5 Å². The van der Waals surface area contributed by atoms with Crippen LogP contribution in [-0.2, 0) is 34.3 Å². The number of sulfonamides is 1. The number of rotatable bonds is 6. The van der Waals surface area contributed by atoms with Crippen LogP contribution in [0.3, 0.4) is 0 Å². The third kappa shape index (κ3) is 4.28. The Morgan fingerprint density at radius 2 is 1.86 bits per heavy atom. The maximum absolute atomic E-state index is 12.9. The molecule has 0 saturated carbocycles. The van der Waals surface area contributed by atoms with E-state index in [4.69, 9.17) is 9.47 Å². The van der Waals surface area contributed by atoms with Gasteiger partial charge in [-0.3, -0.25) is 4.79 Å². The van der Waals surface area contributed by atoms with E-state index in [1.165, 1.54) is 4.31 Å². The molecule has 1 aliphatic rings. The van der Waals surface area contributed by atoms with Crippen molar-refractivity contribution in [1.82, 2.24) is 9.62 Å². The number of amides is 1. The van der Waals surface area contributed by atoms with E-state index in [2.05, 4.69) is 5.32 Å². The molecule has 3 rings (SSSR count). The lowest BCUT2D eigenvalue weighted by molar-refractivity contribution is -0.125. The van der Waals surface area contributed by atoms with Crippen molar-refractivity contribution in [3.63, 3.8) is 0 Å². The number of ether oxygens (including phenoxy) is 2. The van der Waals surface area contributed by atoms with Crippen LogP contribution in [-0.4, -0.2) is 45.1 Å². The fourth-order valence-corrected chi connectivity index (χ4v) is 4.40. The molecule has 2 aromatic carbocycles. The number of nitrogens with zero attached hydrogens (tertiary/aromatic N) is 1. The Labute approximate surface area is 165 Å². The average molecular weight is 404 g/mol. The van der Waals surface area contributed by atoms with Crippen LogP contribution < -0.4 is 14.8 Å². The maximum atomic E-state index is 12.9. The Morgan fingerprint density at radius 1 is 1.14 bits per heavy atom. The van der Waals surface area contributed by atoms with Gasteiger partial charge in [0.05, 0.1) is 20.5 Å². The fourth-order valence-electron chi connectivity index (χ4n) is 3.39. The Hall–Kier alpha value is -2.58. The van der Waals surface area contributed by atoms with Gasteiger partial charge < -0.3 is 14.8 Å². The first-order valence-corrected chi connectivity index (χ1v) is 10.7. The monoisotopic (exact) mass is 404 g/mol. The van der Waals surface area contributed by atoms with Crippen molar-refractivity contribution in [2.45, 2.75) is 25.6 Å². The number of hydrogen-bond donors (Lipinski definition) is 1. The predicted octanol–water partition coefficient (Wildman–Crippen LogP) is 1.71. The zero-order valence-electron chi connectivity index (χ0n) is 16.1. The second kappa shape index (κ2) is 8.20. The highest BCUT2D eigenvalue weighted by Gasteiger charge is 2.36. The number of fused-ring (bicyclic) bond motifs is 1. The zero-order chi connectivity index (χ0) is 20.3. The number of benzene rings is 2. The van der Waals surface area contributed by atoms with E-state index >= 15 is 0 Å². The lowest BCUT2D eigenvalue weighted by Crippen LogP contribution is -2.52. The van der Waals surface area contributed by atoms with Gasteiger partial charge in [0.25, 0.3) is 0 Å². The highest BCUT2D eigenvalue weighted by atomic mass is 32.2. The Bertz CT molecular complexity index is 974. The number of carbonyl (C=O) groups is 1. The molecule has 0 fully saturated rings. The molecule has 1 N–H and O–H groups in total. The van der Waals surface area contributed by atoms with Crippen molar-refractivity contribution in [2.24, 2.45) is 0 Å². The van der Waals surface area contributed by atoms with Crippen LogP contribution in [0.1, 0.15) is 16.7 Å². The first-order valence-electron chi connectivity index (χ1n) is 8.85. The molecule has 1 atom stereocenters. The van der Waals surface area contributed by atoms with Crippen molar-refractivity contribution in [3.05, 3.63) is 59.2 Å². The van der Waals surface area contributed by atoms with Crippen LogP contribution >= 0.6 is 0 Å². The van der Waals surface area contributed by atoms with E-state index in [1.54, 1.807) is 32.4 Å². The molecule has 2 aromatic rings. The lowest BCUT2D eigenvalue weighted by atomic mass is 9.95. The van der Waals surface area contributed by atoms with Gasteiger partial charge in [0.2, 0.25) is 15.9 Å². The second-order valence-corrected chi connectivity index (χ2v) is 8.63. The van der Waals surface area contributed by atoms with Crippen LogP contribution in [0, 0.1) is 0 Å². The van der Waals surface area contributed by atoms with E-state index < -0.39 is 16.1 Å². The summed E-state index contributed by atoms with van der Waals surface area (Å²) in [6, 6.07) is 12.1. The Morgan fingerprint density at radius 3 is 2.50 bits per heavy atom. The highest BCUT2D eigenvalue weighted by molar-refractivity contribution is 7.88. The van der Waals surface area contributed by atoms with Crippen molar-refractivity contribution >= 4 is 15.9 Å². The van der Waals surface area contributed by atoms with Crippen LogP contribution in [0.5, 0.6) is 11.5 Å². The molecular formula is C20H24N2O5S. The molecule has 1 aliphatic heterocycles. The summed E-state index contributed by atoms with van der Waals surface area (Å²) >= 11 is 0. The summed E-state index contributed by atoms with van der Waals surface area (Å²) in [6.07, 6.45) is 1.47. The van der Waals surface area contributed by atoms with Crippen molar-refractivity contribution in [2.75, 3.05) is 20.5 Å². The zero-order valence-corrected chi connectivity index (χ0v) is 17.0. The van der Waals surface area contributed by atoms with E-state index in [1.807, 2.05) is 24.3 Å². The SMILES string of the molecule is COc1ccc(OC)c(CNC(=O)C2Cc3ccccc3CN2S(C)(=O)=O)c1. The number of carbonyl (C=O) groups excluding carboxylic acids is 1. The number of nitrogens with one attached hydrogen (secondary N) is 1. The normalized spacial score (nSPS) is 16.9. The summed E-state index contributed by atoms with van der Waals surface area (Å²) < 4.78 is 36.4. The van der Waals surface area contributed by atoms with E-state index in [0.717, 1.165) is 22.9 Å². The molecule has 0 saturated heterocycles. The van der Waals surface area contributed by atoms with Gasteiger partial charge in [0.15, 0.2) is 0 Å². The molecule has 1 amide bonds. The second-order valence-electron chi connectivity index (χ2n) is 6.69. The summed E-state index contributed by atoms with van der Waals surface area (Å²) in [7, 11) is -0.426. The Balaban J connectivity index is 1.81. The molecule has 28 heavy (non-hydrogen) atoms. The van der Waals surface area contributed by atoms with Gasteiger partial charge in [0.1, 0.15) is 17.5 Å². The molecular weight excluding hydrogens is 380 g/mol. The van der Waals surface area contributed by atoms with Gasteiger partial charge in [-0.1, -0.05) is 24.3 Å². The molecule has 0 spiro atoms. The molecule has 0 aromatic heterocycles. The Kier molecular flexibility index (Phi) is 5.90. The van der Waals surface area contributed by atoms with Gasteiger partial charge >= 0.3 is 0 Å². The van der Waals surface area contributed by atoms with Gasteiger partial charge in [-0.15, -0.1) is 0 Å². The third-order valence-electron chi connectivity index (χ3n) is 4.87. The van der Waals surface area contributed by atoms with E-state index in [-0.39, 0.29) is 19.0 Å². The molecule has 0 aliphatic carbocycles. The topological polar surface area (TPSA) is 84.9 Å². The van der Waals surface area contributed by atoms with Crippen molar-refractivity contribution in [3.8, 4) is 11.5 Å². The van der Waals surface area contributed by atoms with Gasteiger partial charge in [0, 0.05) is 18.7 Å². The molecule has 8 heteroatoms. The molecule has 1 heterocycles. The minimum atomic E-state index is -3.54. The smallest absolute Gasteiger partial charge is 0.239 e. The van der Waals surface area contributed by atoms with Crippen LogP contribution in [0.2, 0.25) is 0 Å². The summed E-state index contributed by atoms with van der Waals surface area (Å²) in [5.74, 6) is 0.925. The first-order chi connectivity index (χ1) is 13.3. The van der Waals surface area contributed by atoms with E-state index in [0.29, 0.717) is 17.9 Å². The third-order valence-corrected chi connectivity index (χ3v) is 6.11. The molecule has 0 radical (unpaired) electrons. The van der Waals surface area contributed by atoms with Crippen molar-refractivity contribution < 1.29 is 22.7 Å². The lowest BCUT2D eigenvalue weighted by Gasteiger charge is -2.34. The van der Waals surface area contributed by atoms with Crippen LogP contribution in [0.25, 0.3) is 0 Å². The summed E-state index contributed by atoms with van der Waals surface area (Å²) in [5, 5.41) is 2.85. The fraction of sp³-hybridized carbons (Fsp3) is 0.350. The van der Waals surface area contributed by atoms with Gasteiger partial charge in [-0.25, -0.2) is 8.42 Å².